The number of aromatic carboxylic acids is 1. The van der Waals surface area contributed by atoms with E-state index in [0.29, 0.717) is 6.42 Å². The predicted octanol–water partition coefficient (Wildman–Crippen LogP) is 1.18. The van der Waals surface area contributed by atoms with E-state index in [1.54, 1.807) is 12.1 Å². The van der Waals surface area contributed by atoms with Crippen LogP contribution in [0.5, 0.6) is 0 Å². The molecule has 94 valence electrons. The highest BCUT2D eigenvalue weighted by Crippen LogP contribution is 2.21. The first kappa shape index (κ1) is 13.3. The number of carbonyl (C=O) groups is 1. The van der Waals surface area contributed by atoms with Crippen LogP contribution in [-0.2, 0) is 0 Å². The lowest BCUT2D eigenvalue weighted by Crippen LogP contribution is -2.24. The monoisotopic (exact) mass is 238 g/mol. The summed E-state index contributed by atoms with van der Waals surface area (Å²) in [6.45, 7) is 3.64. The molecule has 0 saturated heterocycles. The third kappa shape index (κ3) is 3.35. The summed E-state index contributed by atoms with van der Waals surface area (Å²) in [6, 6.07) is 4.90. The Morgan fingerprint density at radius 1 is 1.47 bits per heavy atom. The lowest BCUT2D eigenvalue weighted by molar-refractivity contribution is 0.0698. The number of anilines is 2. The standard InChI is InChI=1S/C12H18N2O3/c1-2-14(6-3-7-15)9-4-5-10(12(16)17)11(13)8-9/h4-5,8,15H,2-3,6-7,13H2,1H3,(H,16,17). The van der Waals surface area contributed by atoms with Gasteiger partial charge in [-0.1, -0.05) is 0 Å². The zero-order chi connectivity index (χ0) is 12.8. The van der Waals surface area contributed by atoms with E-state index in [4.69, 9.17) is 15.9 Å². The highest BCUT2D eigenvalue weighted by Gasteiger charge is 2.10. The van der Waals surface area contributed by atoms with E-state index in [-0.39, 0.29) is 17.9 Å². The Morgan fingerprint density at radius 3 is 2.65 bits per heavy atom. The molecule has 5 nitrogen and oxygen atoms in total. The first-order valence-corrected chi connectivity index (χ1v) is 5.58. The van der Waals surface area contributed by atoms with Crippen LogP contribution in [0, 0.1) is 0 Å². The van der Waals surface area contributed by atoms with Crippen LogP contribution >= 0.6 is 0 Å². The van der Waals surface area contributed by atoms with Crippen LogP contribution in [0.2, 0.25) is 0 Å². The summed E-state index contributed by atoms with van der Waals surface area (Å²) in [5.41, 5.74) is 6.94. The molecule has 0 aliphatic carbocycles. The maximum atomic E-state index is 10.8. The van der Waals surface area contributed by atoms with Crippen molar-refractivity contribution in [1.82, 2.24) is 0 Å². The number of carboxylic acids is 1. The molecule has 0 aliphatic rings. The molecule has 0 aromatic heterocycles. The zero-order valence-electron chi connectivity index (χ0n) is 9.89. The van der Waals surface area contributed by atoms with Crippen molar-refractivity contribution >= 4 is 17.3 Å². The van der Waals surface area contributed by atoms with Gasteiger partial charge in [0.1, 0.15) is 0 Å². The number of nitrogens with zero attached hydrogens (tertiary/aromatic N) is 1. The molecule has 0 radical (unpaired) electrons. The molecule has 0 atom stereocenters. The van der Waals surface area contributed by atoms with Gasteiger partial charge in [-0.2, -0.15) is 0 Å². The fraction of sp³-hybridized carbons (Fsp3) is 0.417. The van der Waals surface area contributed by atoms with E-state index in [9.17, 15) is 4.79 Å². The van der Waals surface area contributed by atoms with E-state index in [0.717, 1.165) is 18.8 Å². The van der Waals surface area contributed by atoms with Gasteiger partial charge in [-0.15, -0.1) is 0 Å². The minimum absolute atomic E-state index is 0.118. The molecule has 0 spiro atoms. The Morgan fingerprint density at radius 2 is 2.18 bits per heavy atom. The van der Waals surface area contributed by atoms with Gasteiger partial charge >= 0.3 is 5.97 Å². The fourth-order valence-electron chi connectivity index (χ4n) is 1.67. The molecule has 0 bridgehead atoms. The summed E-state index contributed by atoms with van der Waals surface area (Å²) in [5.74, 6) is -1.02. The molecule has 0 saturated carbocycles. The number of rotatable bonds is 6. The molecule has 1 aromatic rings. The summed E-state index contributed by atoms with van der Waals surface area (Å²) in [7, 11) is 0. The number of nitrogens with two attached hydrogens (primary N) is 1. The molecule has 17 heavy (non-hydrogen) atoms. The average molecular weight is 238 g/mol. The Kier molecular flexibility index (Phi) is 4.78. The van der Waals surface area contributed by atoms with Gasteiger partial charge in [-0.05, 0) is 31.5 Å². The summed E-state index contributed by atoms with van der Waals surface area (Å²) in [6.07, 6.45) is 0.675. The summed E-state index contributed by atoms with van der Waals surface area (Å²) >= 11 is 0. The minimum atomic E-state index is -1.02. The largest absolute Gasteiger partial charge is 0.478 e. The zero-order valence-corrected chi connectivity index (χ0v) is 9.89. The van der Waals surface area contributed by atoms with Gasteiger partial charge in [-0.3, -0.25) is 0 Å². The van der Waals surface area contributed by atoms with E-state index in [1.165, 1.54) is 6.07 Å². The van der Waals surface area contributed by atoms with Crippen LogP contribution in [0.15, 0.2) is 18.2 Å². The van der Waals surface area contributed by atoms with Gasteiger partial charge in [0.05, 0.1) is 5.56 Å². The lowest BCUT2D eigenvalue weighted by atomic mass is 10.1. The SMILES string of the molecule is CCN(CCCO)c1ccc(C(=O)O)c(N)c1. The van der Waals surface area contributed by atoms with E-state index in [1.807, 2.05) is 11.8 Å². The van der Waals surface area contributed by atoms with Gasteiger partial charge < -0.3 is 20.8 Å². The molecule has 1 aromatic carbocycles. The molecular formula is C12H18N2O3. The highest BCUT2D eigenvalue weighted by atomic mass is 16.4. The molecule has 0 aliphatic heterocycles. The number of carboxylic acid groups (broad SMARTS) is 1. The second-order valence-electron chi connectivity index (χ2n) is 3.73. The van der Waals surface area contributed by atoms with Crippen molar-refractivity contribution in [3.05, 3.63) is 23.8 Å². The van der Waals surface area contributed by atoms with Crippen molar-refractivity contribution in [2.45, 2.75) is 13.3 Å². The molecule has 5 heteroatoms. The molecule has 0 amide bonds. The molecule has 4 N–H and O–H groups in total. The molecule has 0 unspecified atom stereocenters. The molecule has 0 heterocycles. The Bertz CT molecular complexity index is 393. The first-order chi connectivity index (χ1) is 8.10. The predicted molar refractivity (Wildman–Crippen MR) is 67.4 cm³/mol. The Hall–Kier alpha value is -1.75. The lowest BCUT2D eigenvalue weighted by Gasteiger charge is -2.23. The van der Waals surface area contributed by atoms with Crippen LogP contribution in [-0.4, -0.2) is 35.9 Å². The molecule has 1 rings (SSSR count). The van der Waals surface area contributed by atoms with Gasteiger partial charge in [0.15, 0.2) is 0 Å². The van der Waals surface area contributed by atoms with E-state index < -0.39 is 5.97 Å². The Labute approximate surface area is 100 Å². The van der Waals surface area contributed by atoms with Gasteiger partial charge in [-0.25, -0.2) is 4.79 Å². The number of aliphatic hydroxyl groups excluding tert-OH is 1. The molecule has 0 fully saturated rings. The van der Waals surface area contributed by atoms with Crippen LogP contribution in [0.3, 0.4) is 0 Å². The van der Waals surface area contributed by atoms with E-state index in [2.05, 4.69) is 0 Å². The van der Waals surface area contributed by atoms with Crippen LogP contribution < -0.4 is 10.6 Å². The van der Waals surface area contributed by atoms with Gasteiger partial charge in [0.2, 0.25) is 0 Å². The van der Waals surface area contributed by atoms with Crippen molar-refractivity contribution in [3.8, 4) is 0 Å². The Balaban J connectivity index is 2.90. The van der Waals surface area contributed by atoms with Crippen LogP contribution in [0.4, 0.5) is 11.4 Å². The quantitative estimate of drug-likeness (QED) is 0.648. The normalized spacial score (nSPS) is 10.2. The number of hydrogen-bond acceptors (Lipinski definition) is 4. The number of hydrogen-bond donors (Lipinski definition) is 3. The van der Waals surface area contributed by atoms with Crippen molar-refractivity contribution in [2.24, 2.45) is 0 Å². The first-order valence-electron chi connectivity index (χ1n) is 5.58. The maximum absolute atomic E-state index is 10.8. The smallest absolute Gasteiger partial charge is 0.337 e. The van der Waals surface area contributed by atoms with Crippen molar-refractivity contribution < 1.29 is 15.0 Å². The van der Waals surface area contributed by atoms with Crippen LogP contribution in [0.25, 0.3) is 0 Å². The third-order valence-electron chi connectivity index (χ3n) is 2.60. The fourth-order valence-corrected chi connectivity index (χ4v) is 1.67. The average Bonchev–Trinajstić information content (AvgIpc) is 2.29. The van der Waals surface area contributed by atoms with Crippen LogP contribution in [0.1, 0.15) is 23.7 Å². The van der Waals surface area contributed by atoms with E-state index >= 15 is 0 Å². The summed E-state index contributed by atoms with van der Waals surface area (Å²) in [5, 5.41) is 17.7. The maximum Gasteiger partial charge on any atom is 0.337 e. The number of aliphatic hydroxyl groups is 1. The van der Waals surface area contributed by atoms with Crippen molar-refractivity contribution in [2.75, 3.05) is 30.3 Å². The topological polar surface area (TPSA) is 86.8 Å². The second kappa shape index (κ2) is 6.10. The van der Waals surface area contributed by atoms with Crippen molar-refractivity contribution in [1.29, 1.82) is 0 Å². The summed E-state index contributed by atoms with van der Waals surface area (Å²) < 4.78 is 0. The van der Waals surface area contributed by atoms with Crippen molar-refractivity contribution in [3.63, 3.8) is 0 Å². The number of nitrogen functional groups attached to an aromatic ring is 1. The highest BCUT2D eigenvalue weighted by molar-refractivity contribution is 5.94. The van der Waals surface area contributed by atoms with Gasteiger partial charge in [0, 0.05) is 31.1 Å². The minimum Gasteiger partial charge on any atom is -0.478 e. The summed E-state index contributed by atoms with van der Waals surface area (Å²) in [4.78, 5) is 12.9. The van der Waals surface area contributed by atoms with Gasteiger partial charge in [0.25, 0.3) is 0 Å². The third-order valence-corrected chi connectivity index (χ3v) is 2.60. The second-order valence-corrected chi connectivity index (χ2v) is 3.73. The number of benzene rings is 1. The molecular weight excluding hydrogens is 220 g/mol.